The van der Waals surface area contributed by atoms with Crippen LogP contribution in [-0.2, 0) is 25.5 Å². The molecule has 1 aromatic heterocycles. The summed E-state index contributed by atoms with van der Waals surface area (Å²) < 4.78 is 5.28. The molecule has 2 aromatic rings. The van der Waals surface area contributed by atoms with Gasteiger partial charge in [-0.1, -0.05) is 12.1 Å². The first-order valence-electron chi connectivity index (χ1n) is 11.6. The van der Waals surface area contributed by atoms with Gasteiger partial charge in [0, 0.05) is 36.6 Å². The number of anilines is 1. The van der Waals surface area contributed by atoms with Crippen molar-refractivity contribution in [2.45, 2.75) is 24.9 Å². The summed E-state index contributed by atoms with van der Waals surface area (Å²) in [5.41, 5.74) is 1.50. The monoisotopic (exact) mass is 494 g/mol. The Morgan fingerprint density at radius 1 is 1.20 bits per heavy atom. The van der Waals surface area contributed by atoms with E-state index in [0.717, 1.165) is 4.88 Å². The molecule has 0 spiro atoms. The third-order valence-corrected chi connectivity index (χ3v) is 7.29. The highest BCUT2D eigenvalue weighted by Gasteiger charge is 2.43. The summed E-state index contributed by atoms with van der Waals surface area (Å²) in [6.45, 7) is 2.43. The molecule has 10 heteroatoms. The maximum atomic E-state index is 13.4. The molecule has 0 saturated carbocycles. The number of hydrogen-bond acceptors (Lipinski definition) is 6. The molecule has 5 rings (SSSR count). The second-order valence-electron chi connectivity index (χ2n) is 8.79. The van der Waals surface area contributed by atoms with Crippen LogP contribution in [0.3, 0.4) is 0 Å². The van der Waals surface area contributed by atoms with Crippen molar-refractivity contribution in [2.75, 3.05) is 38.2 Å². The average Bonchev–Trinajstić information content (AvgIpc) is 3.51. The number of hydrogen-bond donors (Lipinski definition) is 2. The van der Waals surface area contributed by atoms with Crippen LogP contribution >= 0.6 is 11.3 Å². The van der Waals surface area contributed by atoms with Gasteiger partial charge in [-0.05, 0) is 41.6 Å². The van der Waals surface area contributed by atoms with E-state index in [0.29, 0.717) is 49.5 Å². The van der Waals surface area contributed by atoms with E-state index in [4.69, 9.17) is 4.74 Å². The maximum absolute atomic E-state index is 13.4. The fraction of sp³-hybridized carbons (Fsp3) is 0.360. The molecule has 1 aromatic carbocycles. The Bertz CT molecular complexity index is 1170. The van der Waals surface area contributed by atoms with Gasteiger partial charge >= 0.3 is 0 Å². The maximum Gasteiger partial charge on any atom is 0.256 e. The molecule has 182 valence electrons. The van der Waals surface area contributed by atoms with Crippen LogP contribution in [0.4, 0.5) is 5.69 Å². The highest BCUT2D eigenvalue weighted by atomic mass is 32.1. The number of nitrogens with one attached hydrogen (secondary N) is 2. The van der Waals surface area contributed by atoms with E-state index in [1.165, 1.54) is 22.3 Å². The predicted molar refractivity (Wildman–Crippen MR) is 131 cm³/mol. The van der Waals surface area contributed by atoms with Crippen LogP contribution in [0.2, 0.25) is 0 Å². The molecule has 4 heterocycles. The third-order valence-electron chi connectivity index (χ3n) is 6.42. The fourth-order valence-electron chi connectivity index (χ4n) is 4.64. The second kappa shape index (κ2) is 10.0. The zero-order chi connectivity index (χ0) is 24.4. The summed E-state index contributed by atoms with van der Waals surface area (Å²) in [6.07, 6.45) is 3.81. The highest BCUT2D eigenvalue weighted by molar-refractivity contribution is 7.10. The van der Waals surface area contributed by atoms with E-state index >= 15 is 0 Å². The van der Waals surface area contributed by atoms with Gasteiger partial charge in [-0.3, -0.25) is 19.2 Å². The van der Waals surface area contributed by atoms with Gasteiger partial charge in [0.1, 0.15) is 6.04 Å². The van der Waals surface area contributed by atoms with Crippen molar-refractivity contribution >= 4 is 46.7 Å². The van der Waals surface area contributed by atoms with Gasteiger partial charge in [-0.2, -0.15) is 0 Å². The molecule has 3 aliphatic rings. The zero-order valence-corrected chi connectivity index (χ0v) is 19.9. The van der Waals surface area contributed by atoms with Gasteiger partial charge in [0.05, 0.1) is 30.9 Å². The number of nitrogens with zero attached hydrogens (tertiary/aromatic N) is 2. The number of rotatable bonds is 5. The number of carbonyl (C=O) groups excluding carboxylic acids is 4. The second-order valence-corrected chi connectivity index (χ2v) is 9.83. The zero-order valence-electron chi connectivity index (χ0n) is 19.1. The Morgan fingerprint density at radius 3 is 2.80 bits per heavy atom. The fourth-order valence-corrected chi connectivity index (χ4v) is 5.35. The summed E-state index contributed by atoms with van der Waals surface area (Å²) in [7, 11) is 0. The van der Waals surface area contributed by atoms with Gasteiger partial charge in [-0.15, -0.1) is 11.3 Å². The molecule has 3 aliphatic heterocycles. The van der Waals surface area contributed by atoms with Gasteiger partial charge in [0.25, 0.3) is 5.91 Å². The predicted octanol–water partition coefficient (Wildman–Crippen LogP) is 1.51. The van der Waals surface area contributed by atoms with E-state index in [1.54, 1.807) is 29.2 Å². The Labute approximate surface area is 206 Å². The lowest BCUT2D eigenvalue weighted by Crippen LogP contribution is -2.41. The molecule has 35 heavy (non-hydrogen) atoms. The summed E-state index contributed by atoms with van der Waals surface area (Å²) in [5, 5.41) is 7.74. The van der Waals surface area contributed by atoms with Gasteiger partial charge < -0.3 is 25.2 Å². The molecule has 0 bridgehead atoms. The number of amides is 4. The number of ether oxygens (including phenoxy) is 1. The first-order chi connectivity index (χ1) is 17.0. The van der Waals surface area contributed by atoms with Crippen LogP contribution in [-0.4, -0.2) is 78.4 Å². The van der Waals surface area contributed by atoms with E-state index in [-0.39, 0.29) is 42.6 Å². The molecule has 2 atom stereocenters. The molecule has 2 saturated heterocycles. The van der Waals surface area contributed by atoms with Gasteiger partial charge in [-0.25, -0.2) is 0 Å². The molecule has 9 nitrogen and oxygen atoms in total. The smallest absolute Gasteiger partial charge is 0.256 e. The quantitative estimate of drug-likeness (QED) is 0.613. The lowest BCUT2D eigenvalue weighted by atomic mass is 10.1. The van der Waals surface area contributed by atoms with Crippen LogP contribution in [0.15, 0.2) is 41.8 Å². The highest BCUT2D eigenvalue weighted by Crippen LogP contribution is 2.30. The SMILES string of the molecule is O=C(Cc1cccs1)N[C@H]1C[C@H]2C(=O)Nc3ccc(/C=C/C(=O)N4CCOCC4)cc3C(=O)N2C1. The average molecular weight is 495 g/mol. The summed E-state index contributed by atoms with van der Waals surface area (Å²) in [5.74, 6) is -0.768. The molecule has 0 aliphatic carbocycles. The van der Waals surface area contributed by atoms with Crippen molar-refractivity contribution in [1.82, 2.24) is 15.1 Å². The van der Waals surface area contributed by atoms with E-state index in [1.807, 2.05) is 17.5 Å². The first kappa shape index (κ1) is 23.3. The van der Waals surface area contributed by atoms with Crippen molar-refractivity contribution < 1.29 is 23.9 Å². The number of carbonyl (C=O) groups is 4. The normalized spacial score (nSPS) is 21.9. The largest absolute Gasteiger partial charge is 0.378 e. The minimum atomic E-state index is -0.649. The standard InChI is InChI=1S/C25H26N4O5S/c30-22(14-18-2-1-11-35-18)26-17-13-21-24(32)27-20-5-3-16(12-19(20)25(33)29(21)15-17)4-6-23(31)28-7-9-34-10-8-28/h1-6,11-12,17,21H,7-10,13-15H2,(H,26,30)(H,27,32)/b6-4+/t17-,21-/m0/s1. The lowest BCUT2D eigenvalue weighted by molar-refractivity contribution is -0.130. The molecule has 4 amide bonds. The molecule has 0 radical (unpaired) electrons. The van der Waals surface area contributed by atoms with Crippen molar-refractivity contribution in [3.63, 3.8) is 0 Å². The van der Waals surface area contributed by atoms with E-state index in [2.05, 4.69) is 10.6 Å². The minimum Gasteiger partial charge on any atom is -0.378 e. The van der Waals surface area contributed by atoms with Crippen molar-refractivity contribution in [1.29, 1.82) is 0 Å². The van der Waals surface area contributed by atoms with Crippen LogP contribution < -0.4 is 10.6 Å². The van der Waals surface area contributed by atoms with Crippen molar-refractivity contribution in [2.24, 2.45) is 0 Å². The van der Waals surface area contributed by atoms with E-state index < -0.39 is 6.04 Å². The molecular weight excluding hydrogens is 468 g/mol. The number of thiophene rings is 1. The van der Waals surface area contributed by atoms with Crippen LogP contribution in [0.25, 0.3) is 6.08 Å². The van der Waals surface area contributed by atoms with Crippen LogP contribution in [0.1, 0.15) is 27.2 Å². The Morgan fingerprint density at radius 2 is 2.03 bits per heavy atom. The Balaban J connectivity index is 1.28. The Hall–Kier alpha value is -3.50. The molecule has 2 fully saturated rings. The van der Waals surface area contributed by atoms with Crippen LogP contribution in [0.5, 0.6) is 0 Å². The Kier molecular flexibility index (Phi) is 6.65. The first-order valence-corrected chi connectivity index (χ1v) is 12.5. The van der Waals surface area contributed by atoms with Crippen molar-refractivity contribution in [3.05, 3.63) is 57.8 Å². The number of benzene rings is 1. The number of morpholine rings is 1. The molecular formula is C25H26N4O5S. The van der Waals surface area contributed by atoms with Crippen LogP contribution in [0, 0.1) is 0 Å². The lowest BCUT2D eigenvalue weighted by Gasteiger charge is -2.25. The molecule has 2 N–H and O–H groups in total. The third kappa shape index (κ3) is 5.13. The summed E-state index contributed by atoms with van der Waals surface area (Å²) in [4.78, 5) is 55.3. The molecule has 0 unspecified atom stereocenters. The summed E-state index contributed by atoms with van der Waals surface area (Å²) >= 11 is 1.52. The number of fused-ring (bicyclic) bond motifs is 2. The topological polar surface area (TPSA) is 108 Å². The van der Waals surface area contributed by atoms with Crippen molar-refractivity contribution in [3.8, 4) is 0 Å². The van der Waals surface area contributed by atoms with Gasteiger partial charge in [0.15, 0.2) is 0 Å². The summed E-state index contributed by atoms with van der Waals surface area (Å²) in [6, 6.07) is 8.00. The van der Waals surface area contributed by atoms with E-state index in [9.17, 15) is 19.2 Å². The minimum absolute atomic E-state index is 0.108. The van der Waals surface area contributed by atoms with Gasteiger partial charge in [0.2, 0.25) is 17.7 Å².